The van der Waals surface area contributed by atoms with Crippen LogP contribution in [-0.4, -0.2) is 21.7 Å². The van der Waals surface area contributed by atoms with Crippen molar-refractivity contribution in [2.24, 2.45) is 5.16 Å². The van der Waals surface area contributed by atoms with E-state index >= 15 is 0 Å². The van der Waals surface area contributed by atoms with E-state index in [0.717, 1.165) is 12.8 Å². The van der Waals surface area contributed by atoms with E-state index in [-0.39, 0.29) is 5.78 Å². The first kappa shape index (κ1) is 23.8. The summed E-state index contributed by atoms with van der Waals surface area (Å²) >= 11 is 0. The zero-order valence-corrected chi connectivity index (χ0v) is 18.4. The molecule has 0 unspecified atom stereocenters. The molecule has 1 aromatic carbocycles. The Bertz CT molecular complexity index is 772. The fourth-order valence-electron chi connectivity index (χ4n) is 3.76. The summed E-state index contributed by atoms with van der Waals surface area (Å²) in [7, 11) is 0. The Hall–Kier alpha value is -2.49. The Morgan fingerprint density at radius 2 is 1.37 bits per heavy atom. The van der Waals surface area contributed by atoms with Crippen LogP contribution in [0.4, 0.5) is 0 Å². The second-order valence-electron chi connectivity index (χ2n) is 7.92. The van der Waals surface area contributed by atoms with E-state index in [1.165, 1.54) is 57.8 Å². The maximum atomic E-state index is 12.8. The molecule has 0 atom stereocenters. The summed E-state index contributed by atoms with van der Waals surface area (Å²) in [4.78, 5) is 17.1. The smallest absolute Gasteiger partial charge is 0.163 e. The number of Topliss-reactive ketones (excluding diaryl/α,β-unsaturated/α-hetero) is 1. The average Bonchev–Trinajstić information content (AvgIpc) is 2.79. The fourth-order valence-corrected chi connectivity index (χ4v) is 3.76. The number of hydrogen-bond acceptors (Lipinski definition) is 4. The summed E-state index contributed by atoms with van der Waals surface area (Å²) in [5.41, 5.74) is 2.11. The number of aromatic nitrogens is 1. The predicted molar refractivity (Wildman–Crippen MR) is 124 cm³/mol. The first-order chi connectivity index (χ1) is 14.8. The summed E-state index contributed by atoms with van der Waals surface area (Å²) < 4.78 is 0. The van der Waals surface area contributed by atoms with Gasteiger partial charge in [0.1, 0.15) is 5.71 Å². The van der Waals surface area contributed by atoms with Gasteiger partial charge in [0.25, 0.3) is 0 Å². The maximum Gasteiger partial charge on any atom is 0.163 e. The number of hydrogen-bond donors (Lipinski definition) is 1. The molecule has 1 N–H and O–H groups in total. The number of carbonyl (C=O) groups is 1. The molecular formula is C26H36N2O2. The minimum absolute atomic E-state index is 0.0959. The fraction of sp³-hybridized carbons (Fsp3) is 0.500. The summed E-state index contributed by atoms with van der Waals surface area (Å²) in [5.74, 6) is 0.0959. The molecule has 0 fully saturated rings. The Morgan fingerprint density at radius 3 is 1.93 bits per heavy atom. The van der Waals surface area contributed by atoms with E-state index in [1.54, 1.807) is 12.3 Å². The monoisotopic (exact) mass is 408 g/mol. The van der Waals surface area contributed by atoms with Crippen LogP contribution >= 0.6 is 0 Å². The van der Waals surface area contributed by atoms with Gasteiger partial charge in [-0.2, -0.15) is 0 Å². The van der Waals surface area contributed by atoms with E-state index < -0.39 is 0 Å². The minimum atomic E-state index is 0.0959. The Labute approximate surface area is 181 Å². The van der Waals surface area contributed by atoms with Gasteiger partial charge in [0.15, 0.2) is 5.78 Å². The van der Waals surface area contributed by atoms with Crippen molar-refractivity contribution in [3.8, 4) is 0 Å². The molecule has 0 radical (unpaired) electrons. The largest absolute Gasteiger partial charge is 0.410 e. The van der Waals surface area contributed by atoms with E-state index in [9.17, 15) is 10.0 Å². The van der Waals surface area contributed by atoms with Gasteiger partial charge in [-0.15, -0.1) is 0 Å². The molecule has 2 rings (SSSR count). The van der Waals surface area contributed by atoms with Gasteiger partial charge in [0.2, 0.25) is 0 Å². The zero-order valence-electron chi connectivity index (χ0n) is 18.4. The highest BCUT2D eigenvalue weighted by molar-refractivity contribution is 6.17. The van der Waals surface area contributed by atoms with Gasteiger partial charge in [-0.25, -0.2) is 0 Å². The number of unbranched alkanes of at least 4 members (excludes halogenated alkanes) is 10. The van der Waals surface area contributed by atoms with Crippen LogP contribution in [0.25, 0.3) is 0 Å². The highest BCUT2D eigenvalue weighted by Gasteiger charge is 2.17. The van der Waals surface area contributed by atoms with Crippen molar-refractivity contribution in [3.63, 3.8) is 0 Å². The van der Waals surface area contributed by atoms with Crippen LogP contribution in [0.15, 0.2) is 53.8 Å². The van der Waals surface area contributed by atoms with Crippen molar-refractivity contribution in [3.05, 3.63) is 65.5 Å². The molecule has 4 heteroatoms. The Morgan fingerprint density at radius 1 is 0.800 bits per heavy atom. The van der Waals surface area contributed by atoms with Gasteiger partial charge in [-0.3, -0.25) is 9.78 Å². The molecule has 1 heterocycles. The number of pyridine rings is 1. The highest BCUT2D eigenvalue weighted by Crippen LogP contribution is 2.18. The van der Waals surface area contributed by atoms with E-state index in [0.29, 0.717) is 29.0 Å². The van der Waals surface area contributed by atoms with Crippen LogP contribution in [0.1, 0.15) is 106 Å². The van der Waals surface area contributed by atoms with Crippen molar-refractivity contribution >= 4 is 11.5 Å². The quantitative estimate of drug-likeness (QED) is 0.111. The van der Waals surface area contributed by atoms with Crippen LogP contribution in [0.3, 0.4) is 0 Å². The van der Waals surface area contributed by atoms with E-state index in [1.807, 2.05) is 36.4 Å². The lowest BCUT2D eigenvalue weighted by Gasteiger charge is -2.10. The zero-order chi connectivity index (χ0) is 21.4. The van der Waals surface area contributed by atoms with Crippen LogP contribution < -0.4 is 0 Å². The summed E-state index contributed by atoms with van der Waals surface area (Å²) in [6.07, 6.45) is 16.1. The second-order valence-corrected chi connectivity index (χ2v) is 7.92. The predicted octanol–water partition coefficient (Wildman–Crippen LogP) is 7.19. The number of carbonyl (C=O) groups excluding carboxylic acids is 1. The molecule has 0 aliphatic rings. The summed E-state index contributed by atoms with van der Waals surface area (Å²) in [6, 6.07) is 12.8. The Balaban J connectivity index is 1.76. The molecule has 162 valence electrons. The molecule has 2 aromatic rings. The molecule has 30 heavy (non-hydrogen) atoms. The van der Waals surface area contributed by atoms with Gasteiger partial charge in [0, 0.05) is 23.7 Å². The number of benzene rings is 1. The third-order valence-electron chi connectivity index (χ3n) is 5.50. The molecular weight excluding hydrogens is 372 g/mol. The summed E-state index contributed by atoms with van der Waals surface area (Å²) in [6.45, 7) is 2.25. The number of nitrogens with zero attached hydrogens (tertiary/aromatic N) is 2. The average molecular weight is 409 g/mol. The molecule has 0 aliphatic carbocycles. The van der Waals surface area contributed by atoms with Crippen molar-refractivity contribution in [1.29, 1.82) is 0 Å². The Kier molecular flexibility index (Phi) is 11.5. The maximum absolute atomic E-state index is 12.8. The molecule has 0 saturated carbocycles. The van der Waals surface area contributed by atoms with Gasteiger partial charge >= 0.3 is 0 Å². The van der Waals surface area contributed by atoms with E-state index in [2.05, 4.69) is 17.1 Å². The number of rotatable bonds is 15. The molecule has 0 aliphatic heterocycles. The van der Waals surface area contributed by atoms with Gasteiger partial charge in [-0.05, 0) is 18.6 Å². The topological polar surface area (TPSA) is 62.5 Å². The lowest BCUT2D eigenvalue weighted by molar-refractivity contribution is 0.0979. The van der Waals surface area contributed by atoms with Gasteiger partial charge < -0.3 is 5.21 Å². The lowest BCUT2D eigenvalue weighted by atomic mass is 9.95. The first-order valence-electron chi connectivity index (χ1n) is 11.5. The third kappa shape index (κ3) is 8.10. The van der Waals surface area contributed by atoms with Crippen LogP contribution in [0.2, 0.25) is 0 Å². The second kappa shape index (κ2) is 14.5. The van der Waals surface area contributed by atoms with E-state index in [4.69, 9.17) is 0 Å². The standard InChI is InChI=1S/C26H36N2O2/c1-2-3-4-5-6-7-8-9-10-11-12-20-25(29)22-17-13-14-18-23(22)26(28-30)24-19-15-16-21-27-24/h13-19,21,30H,2-12,20H2,1H3. The molecule has 1 aromatic heterocycles. The van der Waals surface area contributed by atoms with Crippen molar-refractivity contribution in [2.45, 2.75) is 84.0 Å². The molecule has 4 nitrogen and oxygen atoms in total. The molecule has 0 saturated heterocycles. The van der Waals surface area contributed by atoms with Crippen LogP contribution in [-0.2, 0) is 0 Å². The SMILES string of the molecule is CCCCCCCCCCCCCC(=O)c1ccccc1C(=NO)c1ccccn1. The van der Waals surface area contributed by atoms with Gasteiger partial charge in [-0.1, -0.05) is 107 Å². The molecule has 0 amide bonds. The molecule has 0 bridgehead atoms. The number of oxime groups is 1. The van der Waals surface area contributed by atoms with Crippen molar-refractivity contribution in [1.82, 2.24) is 4.98 Å². The van der Waals surface area contributed by atoms with Crippen LogP contribution in [0.5, 0.6) is 0 Å². The highest BCUT2D eigenvalue weighted by atomic mass is 16.4. The lowest BCUT2D eigenvalue weighted by Crippen LogP contribution is -2.12. The van der Waals surface area contributed by atoms with Crippen molar-refractivity contribution in [2.75, 3.05) is 0 Å². The third-order valence-corrected chi connectivity index (χ3v) is 5.50. The number of ketones is 1. The van der Waals surface area contributed by atoms with Crippen molar-refractivity contribution < 1.29 is 10.0 Å². The van der Waals surface area contributed by atoms with Crippen LogP contribution in [0, 0.1) is 0 Å². The summed E-state index contributed by atoms with van der Waals surface area (Å²) in [5, 5.41) is 13.0. The normalized spacial score (nSPS) is 11.6. The van der Waals surface area contributed by atoms with Gasteiger partial charge in [0.05, 0.1) is 5.69 Å². The first-order valence-corrected chi connectivity index (χ1v) is 11.5. The minimum Gasteiger partial charge on any atom is -0.410 e. The molecule has 0 spiro atoms.